The molecule has 0 spiro atoms. The number of carbonyl (C=O) groups excluding carboxylic acids is 1. The van der Waals surface area contributed by atoms with Gasteiger partial charge in [-0.05, 0) is 32.0 Å². The Morgan fingerprint density at radius 2 is 2.25 bits per heavy atom. The molecule has 0 heterocycles. The first-order chi connectivity index (χ1) is 9.60. The van der Waals surface area contributed by atoms with Gasteiger partial charge in [0, 0.05) is 25.1 Å². The largest absolute Gasteiger partial charge is 0.497 e. The molecule has 5 heteroatoms. The molecule has 0 aromatic heterocycles. The third kappa shape index (κ3) is 3.63. The fourth-order valence-corrected chi connectivity index (χ4v) is 2.28. The second kappa shape index (κ2) is 6.61. The Morgan fingerprint density at radius 1 is 1.50 bits per heavy atom. The Labute approximate surface area is 120 Å². The van der Waals surface area contributed by atoms with E-state index < -0.39 is 0 Å². The summed E-state index contributed by atoms with van der Waals surface area (Å²) in [5, 5.41) is 2.85. The lowest BCUT2D eigenvalue weighted by Crippen LogP contribution is -2.38. The predicted octanol–water partition coefficient (Wildman–Crippen LogP) is 2.09. The lowest BCUT2D eigenvalue weighted by molar-refractivity contribution is -0.116. The van der Waals surface area contributed by atoms with E-state index in [1.54, 1.807) is 25.3 Å². The van der Waals surface area contributed by atoms with Crippen LogP contribution in [-0.4, -0.2) is 37.6 Å². The minimum absolute atomic E-state index is 0.00644. The maximum Gasteiger partial charge on any atom is 0.225 e. The quantitative estimate of drug-likeness (QED) is 0.781. The molecule has 1 amide bonds. The van der Waals surface area contributed by atoms with Crippen molar-refractivity contribution >= 4 is 17.3 Å². The molecule has 3 N–H and O–H groups in total. The number of hydrogen-bond acceptors (Lipinski definition) is 4. The zero-order chi connectivity index (χ0) is 14.5. The summed E-state index contributed by atoms with van der Waals surface area (Å²) >= 11 is 0. The topological polar surface area (TPSA) is 67.6 Å². The molecule has 0 unspecified atom stereocenters. The van der Waals surface area contributed by atoms with E-state index in [0.29, 0.717) is 29.6 Å². The molecule has 2 rings (SSSR count). The SMILES string of the molecule is COc1ccc(NC(=O)CCN(C)C2CCC2)c(N)c1. The number of rotatable bonds is 6. The average molecular weight is 277 g/mol. The molecule has 1 aromatic rings. The smallest absolute Gasteiger partial charge is 0.225 e. The normalized spacial score (nSPS) is 14.9. The molecular formula is C15H23N3O2. The van der Waals surface area contributed by atoms with Crippen molar-refractivity contribution < 1.29 is 9.53 Å². The summed E-state index contributed by atoms with van der Waals surface area (Å²) in [5.74, 6) is 0.679. The highest BCUT2D eigenvalue weighted by Gasteiger charge is 2.22. The van der Waals surface area contributed by atoms with Gasteiger partial charge in [0.15, 0.2) is 0 Å². The number of ether oxygens (including phenoxy) is 1. The van der Waals surface area contributed by atoms with Crippen molar-refractivity contribution in [3.05, 3.63) is 18.2 Å². The van der Waals surface area contributed by atoms with Crippen LogP contribution in [0.4, 0.5) is 11.4 Å². The molecular weight excluding hydrogens is 254 g/mol. The Morgan fingerprint density at radius 3 is 2.80 bits per heavy atom. The molecule has 1 aromatic carbocycles. The monoisotopic (exact) mass is 277 g/mol. The van der Waals surface area contributed by atoms with Crippen LogP contribution in [0.2, 0.25) is 0 Å². The van der Waals surface area contributed by atoms with Gasteiger partial charge in [-0.3, -0.25) is 4.79 Å². The van der Waals surface area contributed by atoms with E-state index in [-0.39, 0.29) is 5.91 Å². The number of hydrogen-bond donors (Lipinski definition) is 2. The average Bonchev–Trinajstić information content (AvgIpc) is 2.36. The number of methoxy groups -OCH3 is 1. The van der Waals surface area contributed by atoms with Crippen molar-refractivity contribution in [2.24, 2.45) is 0 Å². The molecule has 20 heavy (non-hydrogen) atoms. The summed E-state index contributed by atoms with van der Waals surface area (Å²) in [7, 11) is 3.67. The Kier molecular flexibility index (Phi) is 4.84. The zero-order valence-electron chi connectivity index (χ0n) is 12.2. The minimum Gasteiger partial charge on any atom is -0.497 e. The summed E-state index contributed by atoms with van der Waals surface area (Å²) in [6.07, 6.45) is 4.30. The van der Waals surface area contributed by atoms with Crippen LogP contribution < -0.4 is 15.8 Å². The fraction of sp³-hybridized carbons (Fsp3) is 0.533. The van der Waals surface area contributed by atoms with Crippen LogP contribution >= 0.6 is 0 Å². The van der Waals surface area contributed by atoms with Crippen LogP contribution in [0.1, 0.15) is 25.7 Å². The highest BCUT2D eigenvalue weighted by Crippen LogP contribution is 2.25. The van der Waals surface area contributed by atoms with Crippen LogP contribution in [0.3, 0.4) is 0 Å². The lowest BCUT2D eigenvalue weighted by Gasteiger charge is -2.34. The number of amides is 1. The summed E-state index contributed by atoms with van der Waals surface area (Å²) in [4.78, 5) is 14.2. The molecule has 1 saturated carbocycles. The summed E-state index contributed by atoms with van der Waals surface area (Å²) in [6, 6.07) is 5.92. The maximum atomic E-state index is 11.9. The second-order valence-electron chi connectivity index (χ2n) is 5.32. The molecule has 0 atom stereocenters. The van der Waals surface area contributed by atoms with Crippen LogP contribution in [0.5, 0.6) is 5.75 Å². The van der Waals surface area contributed by atoms with Gasteiger partial charge in [0.05, 0.1) is 18.5 Å². The number of anilines is 2. The predicted molar refractivity (Wildman–Crippen MR) is 80.9 cm³/mol. The van der Waals surface area contributed by atoms with Crippen molar-refractivity contribution in [2.75, 3.05) is 31.8 Å². The van der Waals surface area contributed by atoms with Crippen molar-refractivity contribution in [1.29, 1.82) is 0 Å². The molecule has 110 valence electrons. The molecule has 0 saturated heterocycles. The first kappa shape index (κ1) is 14.7. The minimum atomic E-state index is -0.00644. The van der Waals surface area contributed by atoms with Gasteiger partial charge in [-0.25, -0.2) is 0 Å². The Hall–Kier alpha value is -1.75. The Bertz CT molecular complexity index is 472. The first-order valence-electron chi connectivity index (χ1n) is 7.03. The Balaban J connectivity index is 1.81. The lowest BCUT2D eigenvalue weighted by atomic mass is 9.92. The fourth-order valence-electron chi connectivity index (χ4n) is 2.28. The van der Waals surface area contributed by atoms with Gasteiger partial charge in [-0.1, -0.05) is 6.42 Å². The highest BCUT2D eigenvalue weighted by molar-refractivity contribution is 5.94. The van der Waals surface area contributed by atoms with Crippen molar-refractivity contribution in [3.8, 4) is 5.75 Å². The molecule has 0 aliphatic heterocycles. The number of benzene rings is 1. The molecule has 0 bridgehead atoms. The summed E-state index contributed by atoms with van der Waals surface area (Å²) in [6.45, 7) is 0.784. The van der Waals surface area contributed by atoms with E-state index in [4.69, 9.17) is 10.5 Å². The van der Waals surface area contributed by atoms with Gasteiger partial charge in [-0.15, -0.1) is 0 Å². The van der Waals surface area contributed by atoms with Crippen LogP contribution in [0, 0.1) is 0 Å². The van der Waals surface area contributed by atoms with Crippen molar-refractivity contribution in [2.45, 2.75) is 31.7 Å². The van der Waals surface area contributed by atoms with Gasteiger partial charge in [-0.2, -0.15) is 0 Å². The first-order valence-corrected chi connectivity index (χ1v) is 7.03. The second-order valence-corrected chi connectivity index (χ2v) is 5.32. The number of carbonyl (C=O) groups is 1. The molecule has 1 fully saturated rings. The third-order valence-electron chi connectivity index (χ3n) is 3.92. The van der Waals surface area contributed by atoms with Crippen LogP contribution in [-0.2, 0) is 4.79 Å². The van der Waals surface area contributed by atoms with Crippen molar-refractivity contribution in [3.63, 3.8) is 0 Å². The molecule has 5 nitrogen and oxygen atoms in total. The summed E-state index contributed by atoms with van der Waals surface area (Å²) < 4.78 is 5.08. The van der Waals surface area contributed by atoms with Gasteiger partial charge in [0.2, 0.25) is 5.91 Å². The number of nitrogen functional groups attached to an aromatic ring is 1. The maximum absolute atomic E-state index is 11.9. The van der Waals surface area contributed by atoms with Crippen LogP contribution in [0.25, 0.3) is 0 Å². The van der Waals surface area contributed by atoms with Crippen molar-refractivity contribution in [1.82, 2.24) is 4.90 Å². The van der Waals surface area contributed by atoms with Gasteiger partial charge < -0.3 is 20.7 Å². The molecule has 1 aliphatic carbocycles. The summed E-state index contributed by atoms with van der Waals surface area (Å²) in [5.41, 5.74) is 7.03. The zero-order valence-corrected chi connectivity index (χ0v) is 12.2. The van der Waals surface area contributed by atoms with Gasteiger partial charge >= 0.3 is 0 Å². The van der Waals surface area contributed by atoms with E-state index in [9.17, 15) is 4.79 Å². The number of nitrogens with two attached hydrogens (primary N) is 1. The van der Waals surface area contributed by atoms with E-state index in [1.165, 1.54) is 19.3 Å². The highest BCUT2D eigenvalue weighted by atomic mass is 16.5. The van der Waals surface area contributed by atoms with E-state index in [1.807, 2.05) is 0 Å². The number of nitrogens with one attached hydrogen (secondary N) is 1. The molecule has 1 aliphatic rings. The van der Waals surface area contributed by atoms with E-state index in [2.05, 4.69) is 17.3 Å². The van der Waals surface area contributed by atoms with Gasteiger partial charge in [0.25, 0.3) is 0 Å². The van der Waals surface area contributed by atoms with Gasteiger partial charge in [0.1, 0.15) is 5.75 Å². The van der Waals surface area contributed by atoms with E-state index in [0.717, 1.165) is 6.54 Å². The number of nitrogens with zero attached hydrogens (tertiary/aromatic N) is 1. The standard InChI is InChI=1S/C15H23N3O2/c1-18(11-4-3-5-11)9-8-15(19)17-14-7-6-12(20-2)10-13(14)16/h6-7,10-11H,3-5,8-9,16H2,1-2H3,(H,17,19). The van der Waals surface area contributed by atoms with Crippen LogP contribution in [0.15, 0.2) is 18.2 Å². The molecule has 0 radical (unpaired) electrons. The third-order valence-corrected chi connectivity index (χ3v) is 3.92. The van der Waals surface area contributed by atoms with E-state index >= 15 is 0 Å².